The summed E-state index contributed by atoms with van der Waals surface area (Å²) in [4.78, 5) is 0. The van der Waals surface area contributed by atoms with Crippen LogP contribution in [0, 0.1) is 0 Å². The summed E-state index contributed by atoms with van der Waals surface area (Å²) in [6.45, 7) is 9.88. The molecule has 1 atom stereocenters. The number of rotatable bonds is 5. The summed E-state index contributed by atoms with van der Waals surface area (Å²) >= 11 is 6.02. The van der Waals surface area contributed by atoms with E-state index in [-0.39, 0.29) is 5.41 Å². The summed E-state index contributed by atoms with van der Waals surface area (Å²) in [6.07, 6.45) is 1.16. The van der Waals surface area contributed by atoms with Gasteiger partial charge < -0.3 is 5.32 Å². The SMILES string of the molecule is CCC(C)NCC(C)(C)c1cccc(Cl)c1. The first-order valence-corrected chi connectivity index (χ1v) is 6.33. The van der Waals surface area contributed by atoms with E-state index in [1.165, 1.54) is 5.56 Å². The van der Waals surface area contributed by atoms with Crippen LogP contribution in [0.5, 0.6) is 0 Å². The summed E-state index contributed by atoms with van der Waals surface area (Å²) in [5.74, 6) is 0. The summed E-state index contributed by atoms with van der Waals surface area (Å²) in [5.41, 5.74) is 1.41. The molecule has 0 aliphatic heterocycles. The van der Waals surface area contributed by atoms with E-state index in [9.17, 15) is 0 Å². The van der Waals surface area contributed by atoms with Crippen LogP contribution in [-0.2, 0) is 5.41 Å². The van der Waals surface area contributed by atoms with Crippen molar-refractivity contribution in [2.24, 2.45) is 0 Å². The smallest absolute Gasteiger partial charge is 0.0408 e. The number of hydrogen-bond acceptors (Lipinski definition) is 1. The second kappa shape index (κ2) is 5.70. The van der Waals surface area contributed by atoms with Crippen LogP contribution < -0.4 is 5.32 Å². The molecule has 1 aromatic rings. The zero-order chi connectivity index (χ0) is 12.2. The van der Waals surface area contributed by atoms with Crippen LogP contribution in [0.2, 0.25) is 5.02 Å². The lowest BCUT2D eigenvalue weighted by Gasteiger charge is -2.27. The Balaban J connectivity index is 2.69. The van der Waals surface area contributed by atoms with Gasteiger partial charge >= 0.3 is 0 Å². The van der Waals surface area contributed by atoms with E-state index < -0.39 is 0 Å². The molecule has 0 saturated heterocycles. The lowest BCUT2D eigenvalue weighted by Crippen LogP contribution is -2.37. The van der Waals surface area contributed by atoms with Crippen LogP contribution in [0.4, 0.5) is 0 Å². The Morgan fingerprint density at radius 2 is 2.06 bits per heavy atom. The van der Waals surface area contributed by atoms with Gasteiger partial charge in [-0.25, -0.2) is 0 Å². The molecule has 1 rings (SSSR count). The Labute approximate surface area is 104 Å². The third-order valence-corrected chi connectivity index (χ3v) is 3.35. The maximum absolute atomic E-state index is 6.02. The summed E-state index contributed by atoms with van der Waals surface area (Å²) in [6, 6.07) is 8.70. The highest BCUT2D eigenvalue weighted by Gasteiger charge is 2.20. The van der Waals surface area contributed by atoms with Gasteiger partial charge in [-0.3, -0.25) is 0 Å². The molecule has 2 heteroatoms. The molecule has 0 heterocycles. The van der Waals surface area contributed by atoms with Gasteiger partial charge in [0.1, 0.15) is 0 Å². The predicted octanol–water partition coefficient (Wildman–Crippen LogP) is 4.01. The third-order valence-electron chi connectivity index (χ3n) is 3.11. The number of hydrogen-bond donors (Lipinski definition) is 1. The average molecular weight is 240 g/mol. The van der Waals surface area contributed by atoms with Gasteiger partial charge in [-0.05, 0) is 31.0 Å². The van der Waals surface area contributed by atoms with Gasteiger partial charge in [-0.2, -0.15) is 0 Å². The molecule has 1 N–H and O–H groups in total. The molecule has 0 aromatic heterocycles. The van der Waals surface area contributed by atoms with E-state index in [0.717, 1.165) is 18.0 Å². The molecule has 0 bridgehead atoms. The molecule has 0 saturated carbocycles. The van der Waals surface area contributed by atoms with Crippen molar-refractivity contribution >= 4 is 11.6 Å². The lowest BCUT2D eigenvalue weighted by atomic mass is 9.84. The van der Waals surface area contributed by atoms with Crippen molar-refractivity contribution in [2.75, 3.05) is 6.54 Å². The average Bonchev–Trinajstić information content (AvgIpc) is 2.26. The highest BCUT2D eigenvalue weighted by Crippen LogP contribution is 2.24. The first-order valence-electron chi connectivity index (χ1n) is 5.95. The molecule has 0 aliphatic rings. The highest BCUT2D eigenvalue weighted by molar-refractivity contribution is 6.30. The first kappa shape index (κ1) is 13.5. The van der Waals surface area contributed by atoms with Gasteiger partial charge in [-0.15, -0.1) is 0 Å². The molecule has 0 amide bonds. The second-order valence-corrected chi connectivity index (χ2v) is 5.52. The Hall–Kier alpha value is -0.530. The van der Waals surface area contributed by atoms with Gasteiger partial charge in [0.15, 0.2) is 0 Å². The second-order valence-electron chi connectivity index (χ2n) is 5.08. The monoisotopic (exact) mass is 239 g/mol. The normalized spacial score (nSPS) is 13.8. The number of halogens is 1. The quantitative estimate of drug-likeness (QED) is 0.819. The maximum Gasteiger partial charge on any atom is 0.0408 e. The van der Waals surface area contributed by atoms with Crippen LogP contribution in [0.25, 0.3) is 0 Å². The van der Waals surface area contributed by atoms with Gasteiger partial charge in [-0.1, -0.05) is 44.5 Å². The minimum Gasteiger partial charge on any atom is -0.313 e. The molecule has 0 radical (unpaired) electrons. The highest BCUT2D eigenvalue weighted by atomic mass is 35.5. The van der Waals surface area contributed by atoms with Crippen molar-refractivity contribution in [2.45, 2.75) is 45.6 Å². The fraction of sp³-hybridized carbons (Fsp3) is 0.571. The Morgan fingerprint density at radius 3 is 2.62 bits per heavy atom. The van der Waals surface area contributed by atoms with Crippen LogP contribution >= 0.6 is 11.6 Å². The van der Waals surface area contributed by atoms with Gasteiger partial charge in [0.25, 0.3) is 0 Å². The van der Waals surface area contributed by atoms with Crippen molar-refractivity contribution in [3.05, 3.63) is 34.9 Å². The molecule has 1 unspecified atom stereocenters. The lowest BCUT2D eigenvalue weighted by molar-refractivity contribution is 0.424. The number of nitrogens with one attached hydrogen (secondary N) is 1. The molecule has 0 aliphatic carbocycles. The van der Waals surface area contributed by atoms with Crippen LogP contribution in [0.1, 0.15) is 39.7 Å². The molecule has 1 nitrogen and oxygen atoms in total. The maximum atomic E-state index is 6.02. The van der Waals surface area contributed by atoms with Crippen LogP contribution in [0.3, 0.4) is 0 Å². The third kappa shape index (κ3) is 3.80. The van der Waals surface area contributed by atoms with Crippen LogP contribution in [-0.4, -0.2) is 12.6 Å². The zero-order valence-electron chi connectivity index (χ0n) is 10.7. The largest absolute Gasteiger partial charge is 0.313 e. The van der Waals surface area contributed by atoms with E-state index in [1.807, 2.05) is 12.1 Å². The van der Waals surface area contributed by atoms with Crippen molar-refractivity contribution in [1.29, 1.82) is 0 Å². The molecule has 16 heavy (non-hydrogen) atoms. The fourth-order valence-corrected chi connectivity index (χ4v) is 1.78. The van der Waals surface area contributed by atoms with E-state index in [0.29, 0.717) is 6.04 Å². The number of benzene rings is 1. The standard InChI is InChI=1S/C14H22ClN/c1-5-11(2)16-10-14(3,4)12-7-6-8-13(15)9-12/h6-9,11,16H,5,10H2,1-4H3. The van der Waals surface area contributed by atoms with Crippen molar-refractivity contribution < 1.29 is 0 Å². The molecule has 0 fully saturated rings. The zero-order valence-corrected chi connectivity index (χ0v) is 11.4. The van der Waals surface area contributed by atoms with Gasteiger partial charge in [0.05, 0.1) is 0 Å². The summed E-state index contributed by atoms with van der Waals surface area (Å²) in [5, 5.41) is 4.36. The molecule has 1 aromatic carbocycles. The summed E-state index contributed by atoms with van der Waals surface area (Å²) in [7, 11) is 0. The Morgan fingerprint density at radius 1 is 1.38 bits per heavy atom. The Bertz CT molecular complexity index is 333. The van der Waals surface area contributed by atoms with E-state index >= 15 is 0 Å². The van der Waals surface area contributed by atoms with Crippen LogP contribution in [0.15, 0.2) is 24.3 Å². The Kier molecular flexibility index (Phi) is 4.82. The molecule has 0 spiro atoms. The summed E-state index contributed by atoms with van der Waals surface area (Å²) < 4.78 is 0. The van der Waals surface area contributed by atoms with E-state index in [1.54, 1.807) is 0 Å². The van der Waals surface area contributed by atoms with Gasteiger partial charge in [0.2, 0.25) is 0 Å². The molecule has 90 valence electrons. The fourth-order valence-electron chi connectivity index (χ4n) is 1.59. The first-order chi connectivity index (χ1) is 7.45. The van der Waals surface area contributed by atoms with Crippen molar-refractivity contribution in [1.82, 2.24) is 5.32 Å². The minimum absolute atomic E-state index is 0.119. The van der Waals surface area contributed by atoms with E-state index in [4.69, 9.17) is 11.6 Å². The minimum atomic E-state index is 0.119. The van der Waals surface area contributed by atoms with E-state index in [2.05, 4.69) is 45.1 Å². The molecular weight excluding hydrogens is 218 g/mol. The van der Waals surface area contributed by atoms with Gasteiger partial charge in [0, 0.05) is 23.0 Å². The van der Waals surface area contributed by atoms with Crippen molar-refractivity contribution in [3.8, 4) is 0 Å². The van der Waals surface area contributed by atoms with Crippen molar-refractivity contribution in [3.63, 3.8) is 0 Å². The topological polar surface area (TPSA) is 12.0 Å². The predicted molar refractivity (Wildman–Crippen MR) is 72.2 cm³/mol. The molecular formula is C14H22ClN.